The molecule has 0 fully saturated rings. The smallest absolute Gasteiger partial charge is 0.345 e. The Hall–Kier alpha value is -3.76. The Balaban J connectivity index is 1.24. The zero-order valence-electron chi connectivity index (χ0n) is 20.6. The van der Waals surface area contributed by atoms with Crippen molar-refractivity contribution in [2.75, 3.05) is 13.1 Å². The first-order valence-electron chi connectivity index (χ1n) is 12.1. The van der Waals surface area contributed by atoms with E-state index in [9.17, 15) is 24.0 Å². The number of unbranched alkanes of at least 4 members (excludes halogenated alkanes) is 2. The Bertz CT molecular complexity index is 1470. The van der Waals surface area contributed by atoms with Gasteiger partial charge in [-0.3, -0.25) is 24.1 Å². The van der Waals surface area contributed by atoms with Gasteiger partial charge in [-0.2, -0.15) is 0 Å². The van der Waals surface area contributed by atoms with Gasteiger partial charge in [0.05, 0.1) is 10.6 Å². The summed E-state index contributed by atoms with van der Waals surface area (Å²) in [6.45, 7) is 1.66. The normalized spacial score (nSPS) is 12.9. The number of imide groups is 1. The van der Waals surface area contributed by atoms with Crippen molar-refractivity contribution in [3.05, 3.63) is 62.8 Å². The number of halogens is 1. The zero-order chi connectivity index (χ0) is 27.2. The second-order valence-electron chi connectivity index (χ2n) is 8.70. The molecule has 0 unspecified atom stereocenters. The molecular weight excluding hydrogens is 532 g/mol. The number of nitrogens with zero attached hydrogens (tertiary/aromatic N) is 1. The number of ether oxygens (including phenoxy) is 1. The first-order valence-corrected chi connectivity index (χ1v) is 13.3. The fourth-order valence-corrected chi connectivity index (χ4v) is 5.25. The van der Waals surface area contributed by atoms with E-state index in [-0.39, 0.29) is 47.2 Å². The van der Waals surface area contributed by atoms with E-state index in [1.165, 1.54) is 36.5 Å². The molecule has 0 aliphatic carbocycles. The van der Waals surface area contributed by atoms with Crippen LogP contribution in [0.3, 0.4) is 0 Å². The molecule has 1 aliphatic heterocycles. The maximum Gasteiger partial charge on any atom is 0.345 e. The lowest BCUT2D eigenvalue weighted by Gasteiger charge is -2.13. The van der Waals surface area contributed by atoms with Gasteiger partial charge in [0.15, 0.2) is 5.75 Å². The number of aryl methyl sites for hydroxylation is 1. The lowest BCUT2D eigenvalue weighted by molar-refractivity contribution is -0.137. The second kappa shape index (κ2) is 12.2. The molecule has 0 radical (unpaired) electrons. The van der Waals surface area contributed by atoms with Gasteiger partial charge in [-0.15, -0.1) is 11.3 Å². The van der Waals surface area contributed by atoms with Gasteiger partial charge in [0, 0.05) is 59.8 Å². The number of rotatable bonds is 11. The maximum absolute atomic E-state index is 12.6. The van der Waals surface area contributed by atoms with Crippen LogP contribution in [0.25, 0.3) is 21.4 Å². The van der Waals surface area contributed by atoms with E-state index in [1.807, 2.05) is 12.1 Å². The van der Waals surface area contributed by atoms with Crippen LogP contribution >= 0.6 is 22.9 Å². The summed E-state index contributed by atoms with van der Waals surface area (Å²) in [7, 11) is 0. The fourth-order valence-electron chi connectivity index (χ4n) is 3.99. The molecule has 3 heterocycles. The molecule has 0 saturated carbocycles. The zero-order valence-corrected chi connectivity index (χ0v) is 22.2. The van der Waals surface area contributed by atoms with Gasteiger partial charge in [-0.1, -0.05) is 18.0 Å². The van der Waals surface area contributed by atoms with Crippen molar-refractivity contribution in [3.63, 3.8) is 0 Å². The lowest BCUT2D eigenvalue weighted by atomic mass is 10.1. The standard InChI is InChI=1S/C27H25ClN2O7S/c1-16(31)36-22-15-21-17(14-20(22)28)13-19(27(35)37-21)23-8-7-18(38-23)5-3-2-4-6-24(32)29-11-12-30-25(33)9-10-26(30)34/h7-10,13-15H,2-6,11-12H2,1H3,(H,29,32). The van der Waals surface area contributed by atoms with Crippen LogP contribution in [0, 0.1) is 0 Å². The fraction of sp³-hybridized carbons (Fsp3) is 0.296. The van der Waals surface area contributed by atoms with Crippen LogP contribution in [-0.4, -0.2) is 41.7 Å². The topological polar surface area (TPSA) is 123 Å². The molecule has 0 atom stereocenters. The average Bonchev–Trinajstić information content (AvgIpc) is 3.46. The molecular formula is C27H25ClN2O7S. The molecule has 1 aromatic carbocycles. The summed E-state index contributed by atoms with van der Waals surface area (Å²) in [4.78, 5) is 61.8. The van der Waals surface area contributed by atoms with E-state index in [4.69, 9.17) is 20.8 Å². The number of nitrogens with one attached hydrogen (secondary N) is 1. The van der Waals surface area contributed by atoms with Crippen LogP contribution in [0.1, 0.15) is 37.5 Å². The van der Waals surface area contributed by atoms with E-state index in [0.717, 1.165) is 40.3 Å². The molecule has 0 spiro atoms. The molecule has 1 N–H and O–H groups in total. The number of esters is 1. The number of benzene rings is 1. The van der Waals surface area contributed by atoms with Crippen molar-refractivity contribution in [2.24, 2.45) is 0 Å². The highest BCUT2D eigenvalue weighted by atomic mass is 35.5. The summed E-state index contributed by atoms with van der Waals surface area (Å²) in [5.74, 6) is -1.23. The van der Waals surface area contributed by atoms with Crippen molar-refractivity contribution < 1.29 is 28.3 Å². The summed E-state index contributed by atoms with van der Waals surface area (Å²) in [6.07, 6.45) is 6.09. The SMILES string of the molecule is CC(=O)Oc1cc2oc(=O)c(-c3ccc(CCCCCC(=O)NCCN4C(=O)C=CC4=O)s3)cc2cc1Cl. The summed E-state index contributed by atoms with van der Waals surface area (Å²) in [5.41, 5.74) is 0.202. The number of fused-ring (bicyclic) bond motifs is 1. The summed E-state index contributed by atoms with van der Waals surface area (Å²) in [5, 5.41) is 3.59. The molecule has 1 aliphatic rings. The summed E-state index contributed by atoms with van der Waals surface area (Å²) < 4.78 is 10.5. The van der Waals surface area contributed by atoms with Crippen LogP contribution in [0.2, 0.25) is 5.02 Å². The van der Waals surface area contributed by atoms with Crippen LogP contribution in [0.5, 0.6) is 5.75 Å². The molecule has 2 aromatic heterocycles. The monoisotopic (exact) mass is 556 g/mol. The van der Waals surface area contributed by atoms with E-state index in [2.05, 4.69) is 5.32 Å². The Labute approximate surface area is 227 Å². The van der Waals surface area contributed by atoms with Gasteiger partial charge in [0.1, 0.15) is 5.58 Å². The molecule has 3 aromatic rings. The Kier molecular flexibility index (Phi) is 8.75. The molecule has 9 nitrogen and oxygen atoms in total. The molecule has 0 bridgehead atoms. The number of hydrogen-bond donors (Lipinski definition) is 1. The minimum Gasteiger partial charge on any atom is -0.425 e. The quantitative estimate of drug-likeness (QED) is 0.123. The van der Waals surface area contributed by atoms with Crippen LogP contribution < -0.4 is 15.7 Å². The lowest BCUT2D eigenvalue weighted by Crippen LogP contribution is -2.38. The molecule has 198 valence electrons. The van der Waals surface area contributed by atoms with Gasteiger partial charge in [-0.25, -0.2) is 4.79 Å². The van der Waals surface area contributed by atoms with Crippen molar-refractivity contribution in [1.29, 1.82) is 0 Å². The number of hydrogen-bond acceptors (Lipinski definition) is 8. The third kappa shape index (κ3) is 6.76. The molecule has 4 rings (SSSR count). The van der Waals surface area contributed by atoms with Gasteiger partial charge < -0.3 is 14.5 Å². The Morgan fingerprint density at radius 3 is 2.55 bits per heavy atom. The van der Waals surface area contributed by atoms with E-state index < -0.39 is 11.6 Å². The van der Waals surface area contributed by atoms with E-state index in [0.29, 0.717) is 17.4 Å². The molecule has 3 amide bonds. The molecule has 11 heteroatoms. The van der Waals surface area contributed by atoms with Gasteiger partial charge in [0.2, 0.25) is 5.91 Å². The minimum atomic E-state index is -0.525. The third-order valence-corrected chi connectivity index (χ3v) is 7.33. The summed E-state index contributed by atoms with van der Waals surface area (Å²) >= 11 is 7.71. The van der Waals surface area contributed by atoms with Crippen LogP contribution in [0.15, 0.2) is 51.7 Å². The summed E-state index contributed by atoms with van der Waals surface area (Å²) in [6, 6.07) is 8.59. The predicted octanol–water partition coefficient (Wildman–Crippen LogP) is 4.24. The largest absolute Gasteiger partial charge is 0.425 e. The predicted molar refractivity (Wildman–Crippen MR) is 143 cm³/mol. The van der Waals surface area contributed by atoms with E-state index in [1.54, 1.807) is 12.1 Å². The van der Waals surface area contributed by atoms with Crippen molar-refractivity contribution in [3.8, 4) is 16.2 Å². The number of amides is 3. The van der Waals surface area contributed by atoms with Gasteiger partial charge in [0.25, 0.3) is 11.8 Å². The van der Waals surface area contributed by atoms with Crippen molar-refractivity contribution in [2.45, 2.75) is 39.0 Å². The second-order valence-corrected chi connectivity index (χ2v) is 10.3. The van der Waals surface area contributed by atoms with Crippen molar-refractivity contribution >= 4 is 57.6 Å². The highest BCUT2D eigenvalue weighted by molar-refractivity contribution is 7.15. The highest BCUT2D eigenvalue weighted by Gasteiger charge is 2.22. The van der Waals surface area contributed by atoms with Crippen LogP contribution in [0.4, 0.5) is 0 Å². The minimum absolute atomic E-state index is 0.112. The first-order chi connectivity index (χ1) is 18.2. The number of thiophene rings is 1. The first kappa shape index (κ1) is 27.3. The highest BCUT2D eigenvalue weighted by Crippen LogP contribution is 2.33. The number of carbonyl (C=O) groups excluding carboxylic acids is 4. The molecule has 38 heavy (non-hydrogen) atoms. The Morgan fingerprint density at radius 2 is 1.82 bits per heavy atom. The van der Waals surface area contributed by atoms with E-state index >= 15 is 0 Å². The van der Waals surface area contributed by atoms with Crippen LogP contribution in [-0.2, 0) is 25.6 Å². The third-order valence-electron chi connectivity index (χ3n) is 5.85. The Morgan fingerprint density at radius 1 is 1.05 bits per heavy atom. The average molecular weight is 557 g/mol. The molecule has 0 saturated heterocycles. The maximum atomic E-state index is 12.6. The van der Waals surface area contributed by atoms with Gasteiger partial charge >= 0.3 is 11.6 Å². The number of carbonyl (C=O) groups is 4. The van der Waals surface area contributed by atoms with Gasteiger partial charge in [-0.05, 0) is 43.5 Å². The van der Waals surface area contributed by atoms with Crippen molar-refractivity contribution in [1.82, 2.24) is 10.2 Å².